The van der Waals surface area contributed by atoms with Crippen molar-refractivity contribution in [3.8, 4) is 0 Å². The minimum Gasteiger partial charge on any atom is -0.480 e. The van der Waals surface area contributed by atoms with Gasteiger partial charge in [0.1, 0.15) is 6.04 Å². The van der Waals surface area contributed by atoms with Crippen LogP contribution >= 0.6 is 11.8 Å². The maximum absolute atomic E-state index is 11.8. The number of carbonyl (C=O) groups is 2. The fourth-order valence-electron chi connectivity index (χ4n) is 1.97. The summed E-state index contributed by atoms with van der Waals surface area (Å²) in [5.41, 5.74) is 0. The van der Waals surface area contributed by atoms with Gasteiger partial charge in [0.25, 0.3) is 0 Å². The van der Waals surface area contributed by atoms with E-state index in [0.29, 0.717) is 18.7 Å². The number of sulfone groups is 1. The lowest BCUT2D eigenvalue weighted by Crippen LogP contribution is -2.49. The van der Waals surface area contributed by atoms with Crippen molar-refractivity contribution in [3.63, 3.8) is 0 Å². The first-order valence-corrected chi connectivity index (χ1v) is 9.50. The quantitative estimate of drug-likeness (QED) is 0.555. The topological polar surface area (TPSA) is 113 Å². The number of rotatable bonds is 7. The maximum Gasteiger partial charge on any atom is 0.326 e. The Kier molecular flexibility index (Phi) is 6.77. The van der Waals surface area contributed by atoms with Crippen molar-refractivity contribution in [1.29, 1.82) is 0 Å². The first-order chi connectivity index (χ1) is 9.34. The summed E-state index contributed by atoms with van der Waals surface area (Å²) in [6, 6.07) is -1.36. The molecule has 1 heterocycles. The van der Waals surface area contributed by atoms with Gasteiger partial charge in [-0.25, -0.2) is 13.2 Å². The molecule has 1 aliphatic rings. The number of carboxylic acids is 1. The summed E-state index contributed by atoms with van der Waals surface area (Å²) in [7, 11) is -3.10. The molecule has 0 aliphatic carbocycles. The molecule has 0 bridgehead atoms. The molecule has 20 heavy (non-hydrogen) atoms. The van der Waals surface area contributed by atoms with Gasteiger partial charge in [-0.05, 0) is 18.4 Å². The number of hydrogen-bond donors (Lipinski definition) is 3. The van der Waals surface area contributed by atoms with Crippen molar-refractivity contribution in [2.24, 2.45) is 0 Å². The number of nitrogens with one attached hydrogen (secondary N) is 2. The summed E-state index contributed by atoms with van der Waals surface area (Å²) in [6.45, 7) is 0.328. The van der Waals surface area contributed by atoms with Crippen LogP contribution in [0.1, 0.15) is 12.8 Å². The molecule has 1 saturated heterocycles. The van der Waals surface area contributed by atoms with Crippen molar-refractivity contribution >= 4 is 33.5 Å². The molecule has 0 radical (unpaired) electrons. The fourth-order valence-corrected chi connectivity index (χ4v) is 3.88. The molecule has 0 aromatic heterocycles. The van der Waals surface area contributed by atoms with E-state index < -0.39 is 33.8 Å². The summed E-state index contributed by atoms with van der Waals surface area (Å²) in [4.78, 5) is 22.8. The van der Waals surface area contributed by atoms with Gasteiger partial charge in [0, 0.05) is 19.0 Å². The Hall–Kier alpha value is -0.800. The molecule has 1 amide bonds. The van der Waals surface area contributed by atoms with E-state index in [-0.39, 0.29) is 17.9 Å². The Morgan fingerprint density at radius 2 is 2.20 bits per heavy atom. The van der Waals surface area contributed by atoms with Crippen LogP contribution in [0.25, 0.3) is 0 Å². The van der Waals surface area contributed by atoms with Crippen LogP contribution in [0.15, 0.2) is 0 Å². The van der Waals surface area contributed by atoms with Gasteiger partial charge in [-0.3, -0.25) is 4.79 Å². The number of aliphatic carboxylic acids is 1. The zero-order valence-corrected chi connectivity index (χ0v) is 12.9. The Bertz CT molecular complexity index is 452. The molecule has 2 atom stereocenters. The van der Waals surface area contributed by atoms with Gasteiger partial charge in [0.2, 0.25) is 5.91 Å². The van der Waals surface area contributed by atoms with Gasteiger partial charge < -0.3 is 15.7 Å². The van der Waals surface area contributed by atoms with Crippen molar-refractivity contribution in [1.82, 2.24) is 10.6 Å². The van der Waals surface area contributed by atoms with Crippen molar-refractivity contribution < 1.29 is 23.1 Å². The summed E-state index contributed by atoms with van der Waals surface area (Å²) in [5.74, 6) is -0.878. The minimum absolute atomic E-state index is 0.0255. The van der Waals surface area contributed by atoms with E-state index in [0.717, 1.165) is 0 Å². The summed E-state index contributed by atoms with van der Waals surface area (Å²) in [6.07, 6.45) is 2.18. The third-order valence-corrected chi connectivity index (χ3v) is 5.36. The Balaban J connectivity index is 2.47. The standard InChI is InChI=1S/C11H20N2O5S2/c1-19-4-2-9(11(15)16)13-10(14)6-8-7-20(17,18)5-3-12-8/h8-9,12H,2-7H2,1H3,(H,13,14)(H,15,16)/t8?,9-/m0/s1. The number of hydrogen-bond acceptors (Lipinski definition) is 6. The van der Waals surface area contributed by atoms with Gasteiger partial charge in [0.15, 0.2) is 9.84 Å². The molecular formula is C11H20N2O5S2. The SMILES string of the molecule is CSCC[C@H](NC(=O)CC1CS(=O)(=O)CCN1)C(=O)O. The third kappa shape index (κ3) is 6.10. The second-order valence-electron chi connectivity index (χ2n) is 4.71. The van der Waals surface area contributed by atoms with Gasteiger partial charge in [-0.2, -0.15) is 11.8 Å². The smallest absolute Gasteiger partial charge is 0.326 e. The first-order valence-electron chi connectivity index (χ1n) is 6.29. The largest absolute Gasteiger partial charge is 0.480 e. The van der Waals surface area contributed by atoms with Crippen LogP contribution in [0.2, 0.25) is 0 Å². The van der Waals surface area contributed by atoms with Gasteiger partial charge in [-0.1, -0.05) is 0 Å². The Morgan fingerprint density at radius 1 is 1.50 bits per heavy atom. The van der Waals surface area contributed by atoms with Gasteiger partial charge in [-0.15, -0.1) is 0 Å². The molecule has 0 spiro atoms. The van der Waals surface area contributed by atoms with Crippen LogP contribution in [0.5, 0.6) is 0 Å². The molecule has 9 heteroatoms. The van der Waals surface area contributed by atoms with Crippen LogP contribution in [0.4, 0.5) is 0 Å². The third-order valence-electron chi connectivity index (χ3n) is 2.98. The van der Waals surface area contributed by atoms with E-state index >= 15 is 0 Å². The molecule has 116 valence electrons. The fraction of sp³-hybridized carbons (Fsp3) is 0.818. The van der Waals surface area contributed by atoms with Gasteiger partial charge >= 0.3 is 5.97 Å². The first kappa shape index (κ1) is 17.3. The zero-order valence-electron chi connectivity index (χ0n) is 11.3. The van der Waals surface area contributed by atoms with Crippen LogP contribution < -0.4 is 10.6 Å². The highest BCUT2D eigenvalue weighted by Gasteiger charge is 2.27. The zero-order chi connectivity index (χ0) is 15.2. The summed E-state index contributed by atoms with van der Waals surface area (Å²) in [5, 5.41) is 14.4. The van der Waals surface area contributed by atoms with Crippen molar-refractivity contribution in [2.45, 2.75) is 24.9 Å². The molecule has 7 nitrogen and oxygen atoms in total. The van der Waals surface area contributed by atoms with E-state index in [1.807, 2.05) is 6.26 Å². The predicted molar refractivity (Wildman–Crippen MR) is 77.6 cm³/mol. The van der Waals surface area contributed by atoms with Gasteiger partial charge in [0.05, 0.1) is 11.5 Å². The molecule has 1 aliphatic heterocycles. The highest BCUT2D eigenvalue weighted by atomic mass is 32.2. The number of thioether (sulfide) groups is 1. The van der Waals surface area contributed by atoms with E-state index in [4.69, 9.17) is 5.11 Å². The average molecular weight is 324 g/mol. The van der Waals surface area contributed by atoms with Crippen LogP contribution in [-0.2, 0) is 19.4 Å². The Labute approximate surface area is 122 Å². The van der Waals surface area contributed by atoms with Crippen molar-refractivity contribution in [3.05, 3.63) is 0 Å². The second-order valence-corrected chi connectivity index (χ2v) is 7.92. The van der Waals surface area contributed by atoms with E-state index in [1.54, 1.807) is 0 Å². The lowest BCUT2D eigenvalue weighted by atomic mass is 10.2. The van der Waals surface area contributed by atoms with E-state index in [9.17, 15) is 18.0 Å². The molecule has 1 rings (SSSR count). The molecule has 0 saturated carbocycles. The lowest BCUT2D eigenvalue weighted by molar-refractivity contribution is -0.141. The molecule has 0 aromatic rings. The number of carboxylic acid groups (broad SMARTS) is 1. The predicted octanol–water partition coefficient (Wildman–Crippen LogP) is -0.914. The van der Waals surface area contributed by atoms with E-state index in [2.05, 4.69) is 10.6 Å². The summed E-state index contributed by atoms with van der Waals surface area (Å²) < 4.78 is 22.9. The molecule has 1 unspecified atom stereocenters. The Morgan fingerprint density at radius 3 is 2.75 bits per heavy atom. The highest BCUT2D eigenvalue weighted by Crippen LogP contribution is 2.06. The maximum atomic E-state index is 11.8. The molecule has 1 fully saturated rings. The van der Waals surface area contributed by atoms with Crippen LogP contribution in [0.3, 0.4) is 0 Å². The number of amides is 1. The molecule has 0 aromatic carbocycles. The lowest BCUT2D eigenvalue weighted by Gasteiger charge is -2.24. The minimum atomic E-state index is -3.10. The van der Waals surface area contributed by atoms with E-state index in [1.165, 1.54) is 11.8 Å². The van der Waals surface area contributed by atoms with Crippen molar-refractivity contribution in [2.75, 3.05) is 30.1 Å². The van der Waals surface area contributed by atoms with Crippen LogP contribution in [0, 0.1) is 0 Å². The van der Waals surface area contributed by atoms with Crippen LogP contribution in [-0.4, -0.2) is 67.5 Å². The second kappa shape index (κ2) is 7.84. The molecule has 3 N–H and O–H groups in total. The summed E-state index contributed by atoms with van der Waals surface area (Å²) >= 11 is 1.50. The monoisotopic (exact) mass is 324 g/mol. The normalized spacial score (nSPS) is 22.9. The number of carbonyl (C=O) groups excluding carboxylic acids is 1. The highest BCUT2D eigenvalue weighted by molar-refractivity contribution is 7.98. The average Bonchev–Trinajstić information content (AvgIpc) is 2.32. The molecular weight excluding hydrogens is 304 g/mol.